The summed E-state index contributed by atoms with van der Waals surface area (Å²) in [6, 6.07) is 1.98. The zero-order chi connectivity index (χ0) is 17.9. The van der Waals surface area contributed by atoms with Gasteiger partial charge in [0.05, 0.1) is 6.10 Å². The van der Waals surface area contributed by atoms with Crippen LogP contribution in [0.4, 0.5) is 4.79 Å². The van der Waals surface area contributed by atoms with E-state index < -0.39 is 6.09 Å². The van der Waals surface area contributed by atoms with Crippen LogP contribution in [-0.2, 0) is 17.8 Å². The van der Waals surface area contributed by atoms with E-state index in [1.807, 2.05) is 12.3 Å². The highest BCUT2D eigenvalue weighted by molar-refractivity contribution is 5.81. The van der Waals surface area contributed by atoms with E-state index in [-0.39, 0.29) is 12.7 Å². The molecule has 1 N–H and O–H groups in total. The van der Waals surface area contributed by atoms with Gasteiger partial charge in [0.1, 0.15) is 6.61 Å². The zero-order valence-electron chi connectivity index (χ0n) is 14.3. The average molecular weight is 356 g/mol. The summed E-state index contributed by atoms with van der Waals surface area (Å²) in [5, 5.41) is 13.0. The van der Waals surface area contributed by atoms with E-state index in [1.54, 1.807) is 6.20 Å². The van der Waals surface area contributed by atoms with Gasteiger partial charge in [-0.15, -0.1) is 0 Å². The molecule has 0 unspecified atom stereocenters. The summed E-state index contributed by atoms with van der Waals surface area (Å²) in [7, 11) is 0. The van der Waals surface area contributed by atoms with Crippen LogP contribution in [0.2, 0.25) is 0 Å². The van der Waals surface area contributed by atoms with Crippen molar-refractivity contribution in [2.45, 2.75) is 38.4 Å². The van der Waals surface area contributed by atoms with Crippen LogP contribution in [-0.4, -0.2) is 50.4 Å². The smallest absolute Gasteiger partial charge is 0.407 e. The van der Waals surface area contributed by atoms with Crippen molar-refractivity contribution in [3.05, 3.63) is 41.3 Å². The molecule has 1 fully saturated rings. The molecule has 2 aliphatic rings. The molecule has 0 aromatic carbocycles. The van der Waals surface area contributed by atoms with Crippen LogP contribution in [0.1, 0.15) is 42.1 Å². The quantitative estimate of drug-likeness (QED) is 0.898. The number of likely N-dealkylation sites (tertiary alicyclic amines) is 1. The molecule has 1 aliphatic heterocycles. The van der Waals surface area contributed by atoms with Crippen molar-refractivity contribution in [1.29, 1.82) is 0 Å². The number of pyridine rings is 1. The van der Waals surface area contributed by atoms with E-state index in [2.05, 4.69) is 21.2 Å². The number of rotatable bonds is 4. The van der Waals surface area contributed by atoms with E-state index in [9.17, 15) is 4.79 Å². The second-order valence-corrected chi connectivity index (χ2v) is 6.54. The number of aryl methyl sites for hydroxylation is 1. The van der Waals surface area contributed by atoms with E-state index in [4.69, 9.17) is 14.4 Å². The lowest BCUT2D eigenvalue weighted by Crippen LogP contribution is -2.40. The molecular weight excluding hydrogens is 336 g/mol. The van der Waals surface area contributed by atoms with Gasteiger partial charge in [-0.05, 0) is 49.0 Å². The number of ether oxygens (including phenoxy) is 1. The monoisotopic (exact) mass is 356 g/mol. The lowest BCUT2D eigenvalue weighted by atomic mass is 9.94. The number of allylic oxidation sites excluding steroid dienone is 1. The first-order valence-corrected chi connectivity index (χ1v) is 8.75. The maximum absolute atomic E-state index is 10.9. The van der Waals surface area contributed by atoms with Gasteiger partial charge in [0.2, 0.25) is 0 Å². The predicted molar refractivity (Wildman–Crippen MR) is 92.1 cm³/mol. The number of amides is 1. The normalized spacial score (nSPS) is 17.7. The Hall–Kier alpha value is -2.74. The molecule has 0 saturated carbocycles. The number of aromatic nitrogens is 3. The summed E-state index contributed by atoms with van der Waals surface area (Å²) in [5.74, 6) is 1.05. The number of carbonyl (C=O) groups is 1. The maximum atomic E-state index is 10.9. The van der Waals surface area contributed by atoms with Gasteiger partial charge >= 0.3 is 6.09 Å². The van der Waals surface area contributed by atoms with Gasteiger partial charge in [0, 0.05) is 31.1 Å². The molecule has 0 spiro atoms. The number of fused-ring (bicyclic) bond motifs is 1. The summed E-state index contributed by atoms with van der Waals surface area (Å²) in [5.41, 5.74) is 3.40. The van der Waals surface area contributed by atoms with Crippen LogP contribution in [0.15, 0.2) is 23.0 Å². The number of carboxylic acid groups (broad SMARTS) is 1. The summed E-state index contributed by atoms with van der Waals surface area (Å²) >= 11 is 0. The molecule has 1 aliphatic carbocycles. The van der Waals surface area contributed by atoms with Gasteiger partial charge in [-0.2, -0.15) is 4.98 Å². The molecule has 2 aromatic rings. The molecule has 0 bridgehead atoms. The van der Waals surface area contributed by atoms with Gasteiger partial charge in [0.25, 0.3) is 5.89 Å². The van der Waals surface area contributed by atoms with Crippen molar-refractivity contribution in [3.63, 3.8) is 0 Å². The van der Waals surface area contributed by atoms with Crippen molar-refractivity contribution >= 4 is 17.7 Å². The van der Waals surface area contributed by atoms with Crippen molar-refractivity contribution in [2.24, 2.45) is 0 Å². The fourth-order valence-corrected chi connectivity index (χ4v) is 3.33. The Bertz CT molecular complexity index is 824. The Kier molecular flexibility index (Phi) is 4.66. The highest BCUT2D eigenvalue weighted by Gasteiger charge is 2.23. The van der Waals surface area contributed by atoms with Gasteiger partial charge in [-0.1, -0.05) is 5.16 Å². The van der Waals surface area contributed by atoms with E-state index in [0.717, 1.165) is 24.0 Å². The Morgan fingerprint density at radius 1 is 1.35 bits per heavy atom. The Morgan fingerprint density at radius 2 is 2.19 bits per heavy atom. The van der Waals surface area contributed by atoms with Crippen LogP contribution in [0.3, 0.4) is 0 Å². The molecule has 136 valence electrons. The molecule has 0 radical (unpaired) electrons. The topological polar surface area (TPSA) is 102 Å². The number of hydrogen-bond donors (Lipinski definition) is 1. The molecule has 1 amide bonds. The zero-order valence-corrected chi connectivity index (χ0v) is 14.3. The van der Waals surface area contributed by atoms with Crippen molar-refractivity contribution < 1.29 is 19.2 Å². The molecule has 2 aromatic heterocycles. The van der Waals surface area contributed by atoms with Crippen LogP contribution in [0.25, 0.3) is 11.6 Å². The summed E-state index contributed by atoms with van der Waals surface area (Å²) in [6.45, 7) is 1.27. The second kappa shape index (κ2) is 7.25. The summed E-state index contributed by atoms with van der Waals surface area (Å²) < 4.78 is 11.2. The van der Waals surface area contributed by atoms with Crippen LogP contribution < -0.4 is 0 Å². The fourth-order valence-electron chi connectivity index (χ4n) is 3.33. The first-order chi connectivity index (χ1) is 12.7. The second-order valence-electron chi connectivity index (χ2n) is 6.54. The van der Waals surface area contributed by atoms with E-state index >= 15 is 0 Å². The molecule has 4 rings (SSSR count). The van der Waals surface area contributed by atoms with Crippen LogP contribution in [0, 0.1) is 0 Å². The minimum Gasteiger partial charge on any atom is -0.465 e. The lowest BCUT2D eigenvalue weighted by Gasteiger charge is -2.29. The van der Waals surface area contributed by atoms with Crippen molar-refractivity contribution in [3.8, 4) is 0 Å². The summed E-state index contributed by atoms with van der Waals surface area (Å²) in [6.07, 6.45) is 8.03. The van der Waals surface area contributed by atoms with Crippen molar-refractivity contribution in [2.75, 3.05) is 13.1 Å². The number of piperidine rings is 1. The van der Waals surface area contributed by atoms with E-state index in [0.29, 0.717) is 37.6 Å². The summed E-state index contributed by atoms with van der Waals surface area (Å²) in [4.78, 5) is 20.9. The van der Waals surface area contributed by atoms with Crippen LogP contribution >= 0.6 is 0 Å². The molecule has 26 heavy (non-hydrogen) atoms. The molecule has 8 nitrogen and oxygen atoms in total. The van der Waals surface area contributed by atoms with Crippen LogP contribution in [0.5, 0.6) is 0 Å². The molecule has 1 saturated heterocycles. The molecule has 8 heteroatoms. The number of hydrogen-bond acceptors (Lipinski definition) is 6. The highest BCUT2D eigenvalue weighted by atomic mass is 16.5. The largest absolute Gasteiger partial charge is 0.465 e. The lowest BCUT2D eigenvalue weighted by molar-refractivity contribution is -0.00294. The first-order valence-electron chi connectivity index (χ1n) is 8.75. The molecule has 3 heterocycles. The third-order valence-electron chi connectivity index (χ3n) is 4.84. The third kappa shape index (κ3) is 3.60. The number of nitrogens with zero attached hydrogens (tertiary/aromatic N) is 4. The third-order valence-corrected chi connectivity index (χ3v) is 4.84. The van der Waals surface area contributed by atoms with E-state index in [1.165, 1.54) is 10.5 Å². The first kappa shape index (κ1) is 16.7. The Labute approximate surface area is 150 Å². The minimum atomic E-state index is -0.871. The van der Waals surface area contributed by atoms with Gasteiger partial charge in [-0.3, -0.25) is 4.98 Å². The fraction of sp³-hybridized carbons (Fsp3) is 0.444. The van der Waals surface area contributed by atoms with Gasteiger partial charge in [-0.25, -0.2) is 4.79 Å². The maximum Gasteiger partial charge on any atom is 0.407 e. The van der Waals surface area contributed by atoms with Gasteiger partial charge < -0.3 is 19.3 Å². The SMILES string of the molecule is O=C(O)N1CCC(OCc2noc(C3=Cc4ccncc4CC3)n2)CC1. The minimum absolute atomic E-state index is 0.0285. The van der Waals surface area contributed by atoms with Crippen molar-refractivity contribution in [1.82, 2.24) is 20.0 Å². The Balaban J connectivity index is 1.34. The molecule has 0 atom stereocenters. The highest BCUT2D eigenvalue weighted by Crippen LogP contribution is 2.29. The predicted octanol–water partition coefficient (Wildman–Crippen LogP) is 2.61. The molecular formula is C18H20N4O4. The van der Waals surface area contributed by atoms with Gasteiger partial charge in [0.15, 0.2) is 5.82 Å². The Morgan fingerprint density at radius 3 is 3.00 bits per heavy atom. The standard InChI is InChI=1S/C18H20N4O4/c23-18(24)22-7-4-15(5-8-22)25-11-16-20-17(26-21-16)13-1-2-14-10-19-6-3-12(14)9-13/h3,6,9-10,15H,1-2,4-5,7-8,11H2,(H,23,24). The average Bonchev–Trinajstić information content (AvgIpc) is 3.15.